The number of halogens is 1. The first-order valence-corrected chi connectivity index (χ1v) is 9.09. The normalized spacial score (nSPS) is 16.7. The van der Waals surface area contributed by atoms with Gasteiger partial charge in [0.25, 0.3) is 5.91 Å². The molecular weight excluding hydrogens is 355 g/mol. The Hall–Kier alpha value is -3.47. The molecule has 1 aliphatic rings. The Morgan fingerprint density at radius 3 is 1.93 bits per heavy atom. The highest BCUT2D eigenvalue weighted by molar-refractivity contribution is 6.04. The van der Waals surface area contributed by atoms with Crippen molar-refractivity contribution in [2.24, 2.45) is 0 Å². The number of amides is 3. The first kappa shape index (κ1) is 17.9. The Morgan fingerprint density at radius 1 is 0.714 bits per heavy atom. The molecule has 1 heterocycles. The van der Waals surface area contributed by atoms with E-state index in [1.54, 1.807) is 17.0 Å². The van der Waals surface area contributed by atoms with E-state index in [1.165, 1.54) is 17.0 Å². The maximum atomic E-state index is 13.2. The highest BCUT2D eigenvalue weighted by Crippen LogP contribution is 2.33. The Labute approximate surface area is 162 Å². The van der Waals surface area contributed by atoms with Crippen LogP contribution < -0.4 is 0 Å². The molecule has 0 bridgehead atoms. The van der Waals surface area contributed by atoms with Gasteiger partial charge in [-0.05, 0) is 28.8 Å². The molecule has 0 radical (unpaired) electrons. The summed E-state index contributed by atoms with van der Waals surface area (Å²) < 4.78 is 13.2. The highest BCUT2D eigenvalue weighted by atomic mass is 19.1. The number of carbonyl (C=O) groups excluding carboxylic acids is 2. The summed E-state index contributed by atoms with van der Waals surface area (Å²) in [4.78, 5) is 29.1. The van der Waals surface area contributed by atoms with Crippen LogP contribution in [-0.4, -0.2) is 21.7 Å². The number of imide groups is 1. The maximum absolute atomic E-state index is 13.2. The van der Waals surface area contributed by atoms with Crippen molar-refractivity contribution >= 4 is 11.9 Å². The molecule has 1 aliphatic heterocycles. The third kappa shape index (κ3) is 3.51. The molecule has 4 nitrogen and oxygen atoms in total. The summed E-state index contributed by atoms with van der Waals surface area (Å²) in [6.45, 7) is 0.456. The van der Waals surface area contributed by atoms with E-state index >= 15 is 0 Å². The largest absolute Gasteiger partial charge is 0.328 e. The zero-order chi connectivity index (χ0) is 19.5. The van der Waals surface area contributed by atoms with Gasteiger partial charge in [-0.25, -0.2) is 9.18 Å². The second-order valence-electron chi connectivity index (χ2n) is 6.76. The predicted molar refractivity (Wildman–Crippen MR) is 104 cm³/mol. The monoisotopic (exact) mass is 374 g/mol. The fourth-order valence-electron chi connectivity index (χ4n) is 3.46. The third-order valence-corrected chi connectivity index (χ3v) is 4.85. The number of hydrogen-bond acceptors (Lipinski definition) is 2. The third-order valence-electron chi connectivity index (χ3n) is 4.85. The number of carbonyl (C=O) groups is 2. The van der Waals surface area contributed by atoms with Gasteiger partial charge in [0.1, 0.15) is 11.9 Å². The Kier molecular flexibility index (Phi) is 4.89. The molecule has 4 rings (SSSR count). The zero-order valence-corrected chi connectivity index (χ0v) is 15.2. The molecule has 3 amide bonds. The molecule has 1 unspecified atom stereocenters. The second kappa shape index (κ2) is 7.64. The van der Waals surface area contributed by atoms with Crippen molar-refractivity contribution < 1.29 is 14.0 Å². The lowest BCUT2D eigenvalue weighted by Gasteiger charge is -2.22. The SMILES string of the molecule is O=C1C(c2ccccc2)N(Cc2ccccc2)C(=O)N1Cc1ccc(F)cc1. The van der Waals surface area contributed by atoms with Gasteiger partial charge < -0.3 is 4.90 Å². The van der Waals surface area contributed by atoms with Gasteiger partial charge in [-0.1, -0.05) is 72.8 Å². The Balaban J connectivity index is 1.66. The quantitative estimate of drug-likeness (QED) is 0.616. The lowest BCUT2D eigenvalue weighted by molar-refractivity contribution is -0.128. The average molecular weight is 374 g/mol. The topological polar surface area (TPSA) is 40.6 Å². The van der Waals surface area contributed by atoms with Crippen LogP contribution in [0.4, 0.5) is 9.18 Å². The van der Waals surface area contributed by atoms with E-state index < -0.39 is 6.04 Å². The molecule has 0 spiro atoms. The number of hydrogen-bond donors (Lipinski definition) is 0. The van der Waals surface area contributed by atoms with Crippen molar-refractivity contribution in [1.82, 2.24) is 9.80 Å². The first-order chi connectivity index (χ1) is 13.6. The van der Waals surface area contributed by atoms with Gasteiger partial charge in [-0.3, -0.25) is 9.69 Å². The summed E-state index contributed by atoms with van der Waals surface area (Å²) >= 11 is 0. The first-order valence-electron chi connectivity index (χ1n) is 9.09. The second-order valence-corrected chi connectivity index (χ2v) is 6.76. The molecule has 1 saturated heterocycles. The standard InChI is InChI=1S/C23H19FN2O2/c24-20-13-11-18(12-14-20)16-26-22(27)21(19-9-5-2-6-10-19)25(23(26)28)15-17-7-3-1-4-8-17/h1-14,21H,15-16H2. The molecule has 0 N–H and O–H groups in total. The van der Waals surface area contributed by atoms with Crippen molar-refractivity contribution in [2.75, 3.05) is 0 Å². The van der Waals surface area contributed by atoms with Crippen LogP contribution in [0.3, 0.4) is 0 Å². The fourth-order valence-corrected chi connectivity index (χ4v) is 3.46. The van der Waals surface area contributed by atoms with Crippen molar-refractivity contribution in [3.63, 3.8) is 0 Å². The van der Waals surface area contributed by atoms with Gasteiger partial charge in [0.2, 0.25) is 0 Å². The fraction of sp³-hybridized carbons (Fsp3) is 0.130. The molecule has 0 aromatic heterocycles. The van der Waals surface area contributed by atoms with Crippen molar-refractivity contribution in [2.45, 2.75) is 19.1 Å². The van der Waals surface area contributed by atoms with E-state index in [0.717, 1.165) is 11.1 Å². The molecule has 3 aromatic carbocycles. The van der Waals surface area contributed by atoms with Crippen LogP contribution in [0, 0.1) is 5.82 Å². The Bertz CT molecular complexity index is 975. The zero-order valence-electron chi connectivity index (χ0n) is 15.2. The molecule has 1 fully saturated rings. The van der Waals surface area contributed by atoms with Gasteiger partial charge in [0.05, 0.1) is 6.54 Å². The van der Waals surface area contributed by atoms with Crippen LogP contribution in [0.2, 0.25) is 0 Å². The van der Waals surface area contributed by atoms with Crippen molar-refractivity contribution in [3.8, 4) is 0 Å². The van der Waals surface area contributed by atoms with E-state index in [4.69, 9.17) is 0 Å². The molecule has 3 aromatic rings. The van der Waals surface area contributed by atoms with Crippen molar-refractivity contribution in [3.05, 3.63) is 107 Å². The van der Waals surface area contributed by atoms with Crippen LogP contribution in [0.5, 0.6) is 0 Å². The van der Waals surface area contributed by atoms with Gasteiger partial charge in [0.15, 0.2) is 0 Å². The van der Waals surface area contributed by atoms with Gasteiger partial charge in [-0.15, -0.1) is 0 Å². The minimum atomic E-state index is -0.672. The lowest BCUT2D eigenvalue weighted by atomic mass is 10.0. The van der Waals surface area contributed by atoms with E-state index in [9.17, 15) is 14.0 Å². The summed E-state index contributed by atoms with van der Waals surface area (Å²) in [5, 5.41) is 0. The summed E-state index contributed by atoms with van der Waals surface area (Å²) in [7, 11) is 0. The summed E-state index contributed by atoms with van der Waals surface area (Å²) in [6, 6.07) is 23.7. The summed E-state index contributed by atoms with van der Waals surface area (Å²) in [5.74, 6) is -0.618. The number of urea groups is 1. The number of rotatable bonds is 5. The van der Waals surface area contributed by atoms with Crippen LogP contribution in [0.15, 0.2) is 84.9 Å². The smallest absolute Gasteiger partial charge is 0.304 e. The predicted octanol–water partition coefficient (Wildman–Crippen LogP) is 4.53. The summed E-state index contributed by atoms with van der Waals surface area (Å²) in [5.41, 5.74) is 2.43. The van der Waals surface area contributed by atoms with Gasteiger partial charge in [-0.2, -0.15) is 0 Å². The molecule has 5 heteroatoms. The van der Waals surface area contributed by atoms with E-state index in [2.05, 4.69) is 0 Å². The maximum Gasteiger partial charge on any atom is 0.328 e. The minimum Gasteiger partial charge on any atom is -0.304 e. The average Bonchev–Trinajstić information content (AvgIpc) is 2.95. The van der Waals surface area contributed by atoms with Crippen LogP contribution in [-0.2, 0) is 17.9 Å². The van der Waals surface area contributed by atoms with E-state index in [1.807, 2.05) is 60.7 Å². The molecule has 28 heavy (non-hydrogen) atoms. The molecule has 0 saturated carbocycles. The molecule has 0 aliphatic carbocycles. The lowest BCUT2D eigenvalue weighted by Crippen LogP contribution is -2.32. The molecular formula is C23H19FN2O2. The summed E-state index contributed by atoms with van der Waals surface area (Å²) in [6.07, 6.45) is 0. The van der Waals surface area contributed by atoms with E-state index in [0.29, 0.717) is 12.1 Å². The number of benzene rings is 3. The van der Waals surface area contributed by atoms with E-state index in [-0.39, 0.29) is 24.3 Å². The minimum absolute atomic E-state index is 0.118. The van der Waals surface area contributed by atoms with Gasteiger partial charge in [0, 0.05) is 6.54 Å². The molecule has 1 atom stereocenters. The Morgan fingerprint density at radius 2 is 1.29 bits per heavy atom. The van der Waals surface area contributed by atoms with Crippen LogP contribution >= 0.6 is 0 Å². The van der Waals surface area contributed by atoms with Gasteiger partial charge >= 0.3 is 6.03 Å². The van der Waals surface area contributed by atoms with Crippen LogP contribution in [0.25, 0.3) is 0 Å². The highest BCUT2D eigenvalue weighted by Gasteiger charge is 2.45. The van der Waals surface area contributed by atoms with Crippen molar-refractivity contribution in [1.29, 1.82) is 0 Å². The molecule has 140 valence electrons. The number of nitrogens with zero attached hydrogens (tertiary/aromatic N) is 2. The van der Waals surface area contributed by atoms with Crippen LogP contribution in [0.1, 0.15) is 22.7 Å².